The summed E-state index contributed by atoms with van der Waals surface area (Å²) < 4.78 is 0. The summed E-state index contributed by atoms with van der Waals surface area (Å²) in [5.41, 5.74) is 0.739. The lowest BCUT2D eigenvalue weighted by molar-refractivity contribution is -0.129. The molecule has 21 heavy (non-hydrogen) atoms. The zero-order valence-electron chi connectivity index (χ0n) is 12.4. The molecule has 0 saturated carbocycles. The SMILES string of the molecule is CN=C1SC(CC(=O)Nc2ccccc2)C(=O)N1C(C)C. The summed E-state index contributed by atoms with van der Waals surface area (Å²) in [6, 6.07) is 9.28. The number of hydrogen-bond donors (Lipinski definition) is 1. The van der Waals surface area contributed by atoms with Gasteiger partial charge in [-0.3, -0.25) is 19.5 Å². The third-order valence-electron chi connectivity index (χ3n) is 3.10. The van der Waals surface area contributed by atoms with E-state index in [0.29, 0.717) is 5.17 Å². The van der Waals surface area contributed by atoms with Crippen LogP contribution < -0.4 is 5.32 Å². The molecule has 0 aliphatic carbocycles. The molecule has 6 heteroatoms. The van der Waals surface area contributed by atoms with Crippen LogP contribution in [0.5, 0.6) is 0 Å². The molecular weight excluding hydrogens is 286 g/mol. The quantitative estimate of drug-likeness (QED) is 0.929. The first-order valence-corrected chi connectivity index (χ1v) is 7.72. The number of anilines is 1. The average Bonchev–Trinajstić information content (AvgIpc) is 2.76. The normalized spacial score (nSPS) is 20.4. The molecule has 1 aromatic rings. The van der Waals surface area contributed by atoms with Crippen molar-refractivity contribution in [2.75, 3.05) is 12.4 Å². The van der Waals surface area contributed by atoms with Crippen LogP contribution in [-0.2, 0) is 9.59 Å². The van der Waals surface area contributed by atoms with Crippen LogP contribution in [0.25, 0.3) is 0 Å². The molecule has 1 heterocycles. The van der Waals surface area contributed by atoms with Gasteiger partial charge >= 0.3 is 0 Å². The van der Waals surface area contributed by atoms with Gasteiger partial charge in [-0.05, 0) is 26.0 Å². The van der Waals surface area contributed by atoms with Gasteiger partial charge in [0.05, 0.1) is 0 Å². The predicted molar refractivity (Wildman–Crippen MR) is 86.4 cm³/mol. The van der Waals surface area contributed by atoms with Gasteiger partial charge in [-0.25, -0.2) is 0 Å². The molecular formula is C15H19N3O2S. The number of nitrogens with one attached hydrogen (secondary N) is 1. The van der Waals surface area contributed by atoms with E-state index in [9.17, 15) is 9.59 Å². The summed E-state index contributed by atoms with van der Waals surface area (Å²) >= 11 is 1.36. The second kappa shape index (κ2) is 6.76. The van der Waals surface area contributed by atoms with Crippen molar-refractivity contribution < 1.29 is 9.59 Å². The van der Waals surface area contributed by atoms with Crippen molar-refractivity contribution in [3.05, 3.63) is 30.3 Å². The highest BCUT2D eigenvalue weighted by Crippen LogP contribution is 2.31. The molecule has 1 fully saturated rings. The molecule has 1 aliphatic heterocycles. The minimum Gasteiger partial charge on any atom is -0.326 e. The lowest BCUT2D eigenvalue weighted by Crippen LogP contribution is -2.38. The Hall–Kier alpha value is -1.82. The van der Waals surface area contributed by atoms with Crippen molar-refractivity contribution in [1.82, 2.24) is 4.90 Å². The Balaban J connectivity index is 2.00. The minimum atomic E-state index is -0.394. The molecule has 2 rings (SSSR count). The Morgan fingerprint density at radius 3 is 2.57 bits per heavy atom. The molecule has 0 aromatic heterocycles. The molecule has 0 bridgehead atoms. The predicted octanol–water partition coefficient (Wildman–Crippen LogP) is 2.35. The summed E-state index contributed by atoms with van der Waals surface area (Å²) in [6.45, 7) is 3.88. The number of amides is 2. The third-order valence-corrected chi connectivity index (χ3v) is 4.35. The summed E-state index contributed by atoms with van der Waals surface area (Å²) in [4.78, 5) is 30.2. The van der Waals surface area contributed by atoms with E-state index in [-0.39, 0.29) is 24.3 Å². The number of carbonyl (C=O) groups excluding carboxylic acids is 2. The van der Waals surface area contributed by atoms with Crippen molar-refractivity contribution in [1.29, 1.82) is 0 Å². The van der Waals surface area contributed by atoms with E-state index in [2.05, 4.69) is 10.3 Å². The van der Waals surface area contributed by atoms with Crippen LogP contribution in [-0.4, -0.2) is 40.2 Å². The highest BCUT2D eigenvalue weighted by atomic mass is 32.2. The second-order valence-corrected chi connectivity index (χ2v) is 6.20. The minimum absolute atomic E-state index is 0.0428. The van der Waals surface area contributed by atoms with Crippen LogP contribution in [0.4, 0.5) is 5.69 Å². The van der Waals surface area contributed by atoms with E-state index in [1.54, 1.807) is 11.9 Å². The topological polar surface area (TPSA) is 61.8 Å². The van der Waals surface area contributed by atoms with Gasteiger partial charge < -0.3 is 5.32 Å². The largest absolute Gasteiger partial charge is 0.326 e. The summed E-state index contributed by atoms with van der Waals surface area (Å²) in [5, 5.41) is 3.10. The number of hydrogen-bond acceptors (Lipinski definition) is 4. The van der Waals surface area contributed by atoms with E-state index in [1.165, 1.54) is 11.8 Å². The molecule has 1 aliphatic rings. The van der Waals surface area contributed by atoms with Crippen LogP contribution >= 0.6 is 11.8 Å². The molecule has 0 radical (unpaired) electrons. The number of carbonyl (C=O) groups is 2. The van der Waals surface area contributed by atoms with Gasteiger partial charge in [0, 0.05) is 25.2 Å². The fourth-order valence-electron chi connectivity index (χ4n) is 2.15. The second-order valence-electron chi connectivity index (χ2n) is 5.03. The lowest BCUT2D eigenvalue weighted by atomic mass is 10.2. The Bertz CT molecular complexity index is 557. The number of amidine groups is 1. The summed E-state index contributed by atoms with van der Waals surface area (Å²) in [6.07, 6.45) is 0.153. The van der Waals surface area contributed by atoms with Gasteiger partial charge in [0.25, 0.3) is 0 Å². The highest BCUT2D eigenvalue weighted by Gasteiger charge is 2.39. The Morgan fingerprint density at radius 1 is 1.38 bits per heavy atom. The number of para-hydroxylation sites is 1. The molecule has 1 atom stereocenters. The van der Waals surface area contributed by atoms with E-state index < -0.39 is 5.25 Å². The van der Waals surface area contributed by atoms with Gasteiger partial charge in [0.15, 0.2) is 5.17 Å². The Labute approximate surface area is 128 Å². The molecule has 1 aromatic carbocycles. The Morgan fingerprint density at radius 2 is 2.05 bits per heavy atom. The van der Waals surface area contributed by atoms with E-state index in [4.69, 9.17) is 0 Å². The maximum atomic E-state index is 12.3. The van der Waals surface area contributed by atoms with Gasteiger partial charge in [-0.1, -0.05) is 30.0 Å². The maximum Gasteiger partial charge on any atom is 0.242 e. The first kappa shape index (κ1) is 15.6. The van der Waals surface area contributed by atoms with Gasteiger partial charge in [0.1, 0.15) is 5.25 Å². The van der Waals surface area contributed by atoms with Crippen molar-refractivity contribution in [2.45, 2.75) is 31.6 Å². The van der Waals surface area contributed by atoms with Crippen LogP contribution in [0, 0.1) is 0 Å². The zero-order chi connectivity index (χ0) is 15.4. The third kappa shape index (κ3) is 3.64. The first-order valence-electron chi connectivity index (χ1n) is 6.84. The number of nitrogens with zero attached hydrogens (tertiary/aromatic N) is 2. The van der Waals surface area contributed by atoms with Gasteiger partial charge in [-0.15, -0.1) is 0 Å². The lowest BCUT2D eigenvalue weighted by Gasteiger charge is -2.20. The summed E-state index contributed by atoms with van der Waals surface area (Å²) in [5.74, 6) is -0.202. The van der Waals surface area contributed by atoms with Gasteiger partial charge in [0.2, 0.25) is 11.8 Å². The van der Waals surface area contributed by atoms with Crippen molar-refractivity contribution in [3.8, 4) is 0 Å². The molecule has 2 amide bonds. The van der Waals surface area contributed by atoms with Crippen LogP contribution in [0.1, 0.15) is 20.3 Å². The number of thioether (sulfide) groups is 1. The maximum absolute atomic E-state index is 12.3. The monoisotopic (exact) mass is 305 g/mol. The molecule has 1 saturated heterocycles. The van der Waals surface area contributed by atoms with Gasteiger partial charge in [-0.2, -0.15) is 0 Å². The molecule has 112 valence electrons. The van der Waals surface area contributed by atoms with Crippen LogP contribution in [0.2, 0.25) is 0 Å². The average molecular weight is 305 g/mol. The van der Waals surface area contributed by atoms with Crippen molar-refractivity contribution in [2.24, 2.45) is 4.99 Å². The van der Waals surface area contributed by atoms with Crippen LogP contribution in [0.3, 0.4) is 0 Å². The van der Waals surface area contributed by atoms with Crippen LogP contribution in [0.15, 0.2) is 35.3 Å². The van der Waals surface area contributed by atoms with Crippen molar-refractivity contribution in [3.63, 3.8) is 0 Å². The van der Waals surface area contributed by atoms with Crippen molar-refractivity contribution >= 4 is 34.4 Å². The standard InChI is InChI=1S/C15H19N3O2S/c1-10(2)18-14(20)12(21-15(18)16-3)9-13(19)17-11-7-5-4-6-8-11/h4-8,10,12H,9H2,1-3H3,(H,17,19). The fraction of sp³-hybridized carbons (Fsp3) is 0.400. The molecule has 1 unspecified atom stereocenters. The van der Waals surface area contributed by atoms with E-state index >= 15 is 0 Å². The van der Waals surface area contributed by atoms with E-state index in [0.717, 1.165) is 5.69 Å². The summed E-state index contributed by atoms with van der Waals surface area (Å²) in [7, 11) is 1.66. The Kier molecular flexibility index (Phi) is 5.01. The molecule has 0 spiro atoms. The highest BCUT2D eigenvalue weighted by molar-refractivity contribution is 8.15. The fourth-order valence-corrected chi connectivity index (χ4v) is 3.37. The molecule has 5 nitrogen and oxygen atoms in total. The zero-order valence-corrected chi connectivity index (χ0v) is 13.2. The number of rotatable bonds is 4. The number of benzene rings is 1. The van der Waals surface area contributed by atoms with E-state index in [1.807, 2.05) is 44.2 Å². The first-order chi connectivity index (χ1) is 10.0. The number of aliphatic imine (C=N–C) groups is 1. The smallest absolute Gasteiger partial charge is 0.242 e. The molecule has 1 N–H and O–H groups in total.